The monoisotopic (exact) mass is 392 g/mol. The Labute approximate surface area is 161 Å². The fourth-order valence-electron chi connectivity index (χ4n) is 3.68. The number of carbonyl (C=O) groups excluding carboxylic acids is 1. The van der Waals surface area contributed by atoms with Crippen molar-refractivity contribution in [3.8, 4) is 0 Å². The van der Waals surface area contributed by atoms with Gasteiger partial charge in [-0.3, -0.25) is 4.79 Å². The Morgan fingerprint density at radius 3 is 2.81 bits per heavy atom. The lowest BCUT2D eigenvalue weighted by Gasteiger charge is -2.25. The standard InChI is InChI=1S/C19H28N4O3S/c1-14-21-17(19(24)20-10-8-15-6-4-3-5-7-15)12-18(22-14)23(2)16-9-11-27(25,26)13-16/h6,12,16H,3-5,7-11,13H2,1-2H3,(H,20,24). The summed E-state index contributed by atoms with van der Waals surface area (Å²) in [7, 11) is -1.15. The average molecular weight is 393 g/mol. The molecule has 1 N–H and O–H groups in total. The zero-order chi connectivity index (χ0) is 19.4. The highest BCUT2D eigenvalue weighted by Crippen LogP contribution is 2.22. The summed E-state index contributed by atoms with van der Waals surface area (Å²) in [6.45, 7) is 2.34. The maximum atomic E-state index is 12.5. The van der Waals surface area contributed by atoms with Gasteiger partial charge in [0.2, 0.25) is 0 Å². The third-order valence-electron chi connectivity index (χ3n) is 5.29. The first-order valence-electron chi connectivity index (χ1n) is 9.59. The Balaban J connectivity index is 1.63. The van der Waals surface area contributed by atoms with Gasteiger partial charge in [0.1, 0.15) is 17.3 Å². The van der Waals surface area contributed by atoms with E-state index in [0.717, 1.165) is 19.3 Å². The molecule has 1 aliphatic heterocycles. The number of carbonyl (C=O) groups is 1. The molecule has 1 aliphatic carbocycles. The van der Waals surface area contributed by atoms with Crippen molar-refractivity contribution in [2.45, 2.75) is 51.5 Å². The van der Waals surface area contributed by atoms with Gasteiger partial charge >= 0.3 is 0 Å². The first-order chi connectivity index (χ1) is 12.8. The van der Waals surface area contributed by atoms with E-state index in [-0.39, 0.29) is 23.5 Å². The number of hydrogen-bond acceptors (Lipinski definition) is 6. The Bertz CT molecular complexity index is 835. The fraction of sp³-hybridized carbons (Fsp3) is 0.632. The van der Waals surface area contributed by atoms with Crippen LogP contribution in [0.1, 0.15) is 54.8 Å². The number of allylic oxidation sites excluding steroid dienone is 1. The van der Waals surface area contributed by atoms with Crippen molar-refractivity contribution in [1.82, 2.24) is 15.3 Å². The van der Waals surface area contributed by atoms with Crippen LogP contribution in [0.5, 0.6) is 0 Å². The molecule has 3 rings (SSSR count). The molecule has 1 aromatic rings. The minimum Gasteiger partial charge on any atom is -0.356 e. The molecule has 0 saturated carbocycles. The van der Waals surface area contributed by atoms with E-state index in [9.17, 15) is 13.2 Å². The molecule has 2 heterocycles. The highest BCUT2D eigenvalue weighted by molar-refractivity contribution is 7.91. The van der Waals surface area contributed by atoms with Gasteiger partial charge in [-0.1, -0.05) is 11.6 Å². The quantitative estimate of drug-likeness (QED) is 0.745. The topological polar surface area (TPSA) is 92.3 Å². The van der Waals surface area contributed by atoms with Crippen molar-refractivity contribution < 1.29 is 13.2 Å². The molecule has 1 atom stereocenters. The molecule has 1 fully saturated rings. The molecule has 1 aromatic heterocycles. The molecule has 0 spiro atoms. The predicted octanol–water partition coefficient (Wildman–Crippen LogP) is 2.03. The number of aromatic nitrogens is 2. The van der Waals surface area contributed by atoms with E-state index in [1.165, 1.54) is 18.4 Å². The summed E-state index contributed by atoms with van der Waals surface area (Å²) in [5.41, 5.74) is 1.74. The summed E-state index contributed by atoms with van der Waals surface area (Å²) in [6.07, 6.45) is 8.50. The van der Waals surface area contributed by atoms with Gasteiger partial charge in [-0.05, 0) is 45.4 Å². The number of hydrogen-bond donors (Lipinski definition) is 1. The van der Waals surface area contributed by atoms with Crippen LogP contribution in [0.25, 0.3) is 0 Å². The first kappa shape index (κ1) is 19.8. The third kappa shape index (κ3) is 5.28. The van der Waals surface area contributed by atoms with Crippen LogP contribution in [0.4, 0.5) is 5.82 Å². The molecule has 148 valence electrons. The third-order valence-corrected chi connectivity index (χ3v) is 7.04. The average Bonchev–Trinajstić information content (AvgIpc) is 3.01. The van der Waals surface area contributed by atoms with Gasteiger partial charge in [-0.25, -0.2) is 18.4 Å². The molecule has 1 amide bonds. The van der Waals surface area contributed by atoms with Crippen LogP contribution in [0.3, 0.4) is 0 Å². The summed E-state index contributed by atoms with van der Waals surface area (Å²) < 4.78 is 23.5. The minimum absolute atomic E-state index is 0.113. The Morgan fingerprint density at radius 2 is 2.15 bits per heavy atom. The molecule has 0 radical (unpaired) electrons. The van der Waals surface area contributed by atoms with Crippen molar-refractivity contribution in [2.24, 2.45) is 0 Å². The summed E-state index contributed by atoms with van der Waals surface area (Å²) in [5.74, 6) is 1.20. The number of aryl methyl sites for hydroxylation is 1. The van der Waals surface area contributed by atoms with Gasteiger partial charge < -0.3 is 10.2 Å². The summed E-state index contributed by atoms with van der Waals surface area (Å²) in [6, 6.07) is 1.53. The van der Waals surface area contributed by atoms with Crippen LogP contribution < -0.4 is 10.2 Å². The summed E-state index contributed by atoms with van der Waals surface area (Å²) in [5, 5.41) is 2.94. The Morgan fingerprint density at radius 1 is 1.33 bits per heavy atom. The number of nitrogens with zero attached hydrogens (tertiary/aromatic N) is 3. The molecule has 7 nitrogen and oxygen atoms in total. The van der Waals surface area contributed by atoms with Gasteiger partial charge in [-0.15, -0.1) is 0 Å². The molecule has 1 unspecified atom stereocenters. The van der Waals surface area contributed by atoms with Crippen LogP contribution in [-0.4, -0.2) is 55.4 Å². The van der Waals surface area contributed by atoms with E-state index in [1.54, 1.807) is 13.0 Å². The summed E-state index contributed by atoms with van der Waals surface area (Å²) >= 11 is 0. The van der Waals surface area contributed by atoms with E-state index in [1.807, 2.05) is 11.9 Å². The number of rotatable bonds is 6. The summed E-state index contributed by atoms with van der Waals surface area (Å²) in [4.78, 5) is 23.0. The molecule has 1 saturated heterocycles. The van der Waals surface area contributed by atoms with E-state index in [2.05, 4.69) is 21.4 Å². The van der Waals surface area contributed by atoms with Gasteiger partial charge in [0.25, 0.3) is 5.91 Å². The molecular weight excluding hydrogens is 364 g/mol. The molecule has 0 aromatic carbocycles. The second kappa shape index (κ2) is 8.37. The highest BCUT2D eigenvalue weighted by atomic mass is 32.2. The Kier molecular flexibility index (Phi) is 6.14. The van der Waals surface area contributed by atoms with Crippen LogP contribution in [0, 0.1) is 6.92 Å². The van der Waals surface area contributed by atoms with Crippen molar-refractivity contribution in [2.75, 3.05) is 30.0 Å². The minimum atomic E-state index is -2.98. The Hall–Kier alpha value is -1.96. The van der Waals surface area contributed by atoms with Gasteiger partial charge in [0.15, 0.2) is 9.84 Å². The number of anilines is 1. The van der Waals surface area contributed by atoms with Crippen molar-refractivity contribution in [3.05, 3.63) is 29.2 Å². The van der Waals surface area contributed by atoms with Gasteiger partial charge in [-0.2, -0.15) is 0 Å². The second-order valence-corrected chi connectivity index (χ2v) is 9.67. The largest absolute Gasteiger partial charge is 0.356 e. The van der Waals surface area contributed by atoms with Crippen LogP contribution in [0.2, 0.25) is 0 Å². The van der Waals surface area contributed by atoms with E-state index < -0.39 is 9.84 Å². The van der Waals surface area contributed by atoms with E-state index in [0.29, 0.717) is 30.3 Å². The highest BCUT2D eigenvalue weighted by Gasteiger charge is 2.31. The molecule has 0 bridgehead atoms. The second-order valence-electron chi connectivity index (χ2n) is 7.44. The lowest BCUT2D eigenvalue weighted by Crippen LogP contribution is -2.34. The fourth-order valence-corrected chi connectivity index (χ4v) is 5.45. The zero-order valence-electron chi connectivity index (χ0n) is 16.1. The maximum absolute atomic E-state index is 12.5. The normalized spacial score (nSPS) is 21.6. The van der Waals surface area contributed by atoms with Gasteiger partial charge in [0, 0.05) is 25.7 Å². The first-order valence-corrected chi connectivity index (χ1v) is 11.4. The lowest BCUT2D eigenvalue weighted by molar-refractivity contribution is 0.0948. The molecule has 8 heteroatoms. The number of sulfone groups is 1. The maximum Gasteiger partial charge on any atom is 0.270 e. The van der Waals surface area contributed by atoms with E-state index >= 15 is 0 Å². The smallest absolute Gasteiger partial charge is 0.270 e. The van der Waals surface area contributed by atoms with Crippen molar-refractivity contribution in [1.29, 1.82) is 0 Å². The molecular formula is C19H28N4O3S. The number of nitrogens with one attached hydrogen (secondary N) is 1. The molecule has 2 aliphatic rings. The SMILES string of the molecule is Cc1nc(C(=O)NCCC2=CCCCC2)cc(N(C)C2CCS(=O)(=O)C2)n1. The number of amides is 1. The zero-order valence-corrected chi connectivity index (χ0v) is 16.9. The van der Waals surface area contributed by atoms with Crippen LogP contribution in [0.15, 0.2) is 17.7 Å². The van der Waals surface area contributed by atoms with Gasteiger partial charge in [0.05, 0.1) is 11.5 Å². The predicted molar refractivity (Wildman–Crippen MR) is 106 cm³/mol. The van der Waals surface area contributed by atoms with Crippen molar-refractivity contribution >= 4 is 21.6 Å². The molecule has 27 heavy (non-hydrogen) atoms. The van der Waals surface area contributed by atoms with Crippen LogP contribution >= 0.6 is 0 Å². The van der Waals surface area contributed by atoms with E-state index in [4.69, 9.17) is 0 Å². The van der Waals surface area contributed by atoms with Crippen LogP contribution in [-0.2, 0) is 9.84 Å². The van der Waals surface area contributed by atoms with Crippen molar-refractivity contribution in [3.63, 3.8) is 0 Å². The lowest BCUT2D eigenvalue weighted by atomic mass is 9.97.